The number of rotatable bonds is 10. The first kappa shape index (κ1) is 24.1. The summed E-state index contributed by atoms with van der Waals surface area (Å²) < 4.78 is 5.58. The smallest absolute Gasteiger partial charge is 0.305 e. The van der Waals surface area contributed by atoms with Crippen LogP contribution in [0.15, 0.2) is 0 Å². The van der Waals surface area contributed by atoms with Crippen molar-refractivity contribution < 1.29 is 9.53 Å². The summed E-state index contributed by atoms with van der Waals surface area (Å²) in [5.41, 5.74) is 0. The van der Waals surface area contributed by atoms with Gasteiger partial charge in [0.1, 0.15) is 6.10 Å². The van der Waals surface area contributed by atoms with E-state index in [1.807, 2.05) is 6.92 Å². The molecule has 3 aliphatic rings. The Kier molecular flexibility index (Phi) is 10.5. The van der Waals surface area contributed by atoms with E-state index in [0.29, 0.717) is 6.42 Å². The third kappa shape index (κ3) is 7.56. The predicted molar refractivity (Wildman–Crippen MR) is 126 cm³/mol. The van der Waals surface area contributed by atoms with Gasteiger partial charge in [0, 0.05) is 6.42 Å². The number of esters is 1. The Morgan fingerprint density at radius 2 is 1.10 bits per heavy atom. The second-order valence-corrected chi connectivity index (χ2v) is 11.0. The molecule has 0 atom stereocenters. The number of ether oxygens (including phenoxy) is 1. The molecule has 0 aromatic rings. The van der Waals surface area contributed by atoms with Crippen LogP contribution in [-0.4, -0.2) is 12.1 Å². The Bertz CT molecular complexity index is 463. The van der Waals surface area contributed by atoms with Crippen LogP contribution >= 0.6 is 0 Å². The van der Waals surface area contributed by atoms with Gasteiger partial charge in [0.25, 0.3) is 0 Å². The lowest BCUT2D eigenvalue weighted by atomic mass is 9.65. The van der Waals surface area contributed by atoms with Crippen molar-refractivity contribution in [3.63, 3.8) is 0 Å². The van der Waals surface area contributed by atoms with Crippen molar-refractivity contribution in [2.75, 3.05) is 0 Å². The normalized spacial score (nSPS) is 35.1. The maximum absolute atomic E-state index is 11.5. The van der Waals surface area contributed by atoms with Crippen molar-refractivity contribution in [3.05, 3.63) is 0 Å². The molecule has 0 aromatic carbocycles. The summed E-state index contributed by atoms with van der Waals surface area (Å²) >= 11 is 0. The quantitative estimate of drug-likeness (QED) is 0.263. The predicted octanol–water partition coefficient (Wildman–Crippen LogP) is 8.47. The van der Waals surface area contributed by atoms with Crippen LogP contribution in [0.5, 0.6) is 0 Å². The van der Waals surface area contributed by atoms with Crippen LogP contribution in [0, 0.1) is 29.6 Å². The molecule has 3 fully saturated rings. The van der Waals surface area contributed by atoms with Gasteiger partial charge in [-0.15, -0.1) is 0 Å². The zero-order valence-corrected chi connectivity index (χ0v) is 20.2. The van der Waals surface area contributed by atoms with Crippen molar-refractivity contribution in [2.45, 2.75) is 142 Å². The van der Waals surface area contributed by atoms with Gasteiger partial charge < -0.3 is 4.74 Å². The average Bonchev–Trinajstić information content (AvgIpc) is 2.80. The van der Waals surface area contributed by atoms with Crippen molar-refractivity contribution in [1.82, 2.24) is 0 Å². The van der Waals surface area contributed by atoms with Crippen LogP contribution in [0.2, 0.25) is 0 Å². The number of hydrogen-bond acceptors (Lipinski definition) is 2. The van der Waals surface area contributed by atoms with E-state index in [2.05, 4.69) is 6.92 Å². The van der Waals surface area contributed by atoms with E-state index < -0.39 is 0 Å². The second kappa shape index (κ2) is 13.1. The Morgan fingerprint density at radius 3 is 1.60 bits per heavy atom. The van der Waals surface area contributed by atoms with Crippen molar-refractivity contribution in [1.29, 1.82) is 0 Å². The van der Waals surface area contributed by atoms with Gasteiger partial charge in [-0.2, -0.15) is 0 Å². The lowest BCUT2D eigenvalue weighted by Crippen LogP contribution is -2.31. The highest BCUT2D eigenvalue weighted by Crippen LogP contribution is 2.46. The highest BCUT2D eigenvalue weighted by Gasteiger charge is 2.35. The van der Waals surface area contributed by atoms with Crippen molar-refractivity contribution in [2.24, 2.45) is 29.6 Å². The molecule has 0 amide bonds. The fourth-order valence-electron chi connectivity index (χ4n) is 7.02. The molecule has 2 heteroatoms. The molecular formula is C28H50O2. The number of carbonyl (C=O) groups is 1. The summed E-state index contributed by atoms with van der Waals surface area (Å²) in [6.07, 6.45) is 26.3. The largest absolute Gasteiger partial charge is 0.462 e. The molecule has 3 saturated carbocycles. The van der Waals surface area contributed by atoms with E-state index >= 15 is 0 Å². The summed E-state index contributed by atoms with van der Waals surface area (Å²) in [5, 5.41) is 0. The zero-order valence-electron chi connectivity index (χ0n) is 20.2. The van der Waals surface area contributed by atoms with Crippen LogP contribution in [0.3, 0.4) is 0 Å². The third-order valence-electron chi connectivity index (χ3n) is 9.06. The molecule has 30 heavy (non-hydrogen) atoms. The van der Waals surface area contributed by atoms with E-state index in [-0.39, 0.29) is 12.1 Å². The summed E-state index contributed by atoms with van der Waals surface area (Å²) in [6.45, 7) is 4.21. The topological polar surface area (TPSA) is 26.3 Å². The van der Waals surface area contributed by atoms with Gasteiger partial charge >= 0.3 is 5.97 Å². The van der Waals surface area contributed by atoms with Crippen LogP contribution in [0.25, 0.3) is 0 Å². The number of carbonyl (C=O) groups excluding carboxylic acids is 1. The lowest BCUT2D eigenvalue weighted by molar-refractivity contribution is -0.150. The fraction of sp³-hybridized carbons (Fsp3) is 0.964. The Labute approximate surface area is 187 Å². The first-order chi connectivity index (χ1) is 14.7. The molecule has 0 unspecified atom stereocenters. The molecule has 174 valence electrons. The number of unbranched alkanes of at least 4 members (excludes halogenated alkanes) is 4. The Morgan fingerprint density at radius 1 is 0.633 bits per heavy atom. The van der Waals surface area contributed by atoms with Crippen LogP contribution in [0.1, 0.15) is 136 Å². The van der Waals surface area contributed by atoms with Gasteiger partial charge in [0.2, 0.25) is 0 Å². The molecule has 0 saturated heterocycles. The molecule has 3 rings (SSSR count). The molecule has 0 aliphatic heterocycles. The zero-order chi connectivity index (χ0) is 21.2. The molecular weight excluding hydrogens is 368 g/mol. The van der Waals surface area contributed by atoms with Crippen LogP contribution < -0.4 is 0 Å². The van der Waals surface area contributed by atoms with Gasteiger partial charge in [0.05, 0.1) is 0 Å². The van der Waals surface area contributed by atoms with Gasteiger partial charge in [-0.25, -0.2) is 0 Å². The third-order valence-corrected chi connectivity index (χ3v) is 9.06. The van der Waals surface area contributed by atoms with Gasteiger partial charge in [-0.1, -0.05) is 65.2 Å². The summed E-state index contributed by atoms with van der Waals surface area (Å²) in [6, 6.07) is 0. The van der Waals surface area contributed by atoms with E-state index in [1.54, 1.807) is 0 Å². The van der Waals surface area contributed by atoms with Gasteiger partial charge in [-0.05, 0) is 93.8 Å². The second-order valence-electron chi connectivity index (χ2n) is 11.0. The molecule has 0 radical (unpaired) electrons. The maximum atomic E-state index is 11.5. The van der Waals surface area contributed by atoms with Crippen molar-refractivity contribution >= 4 is 5.97 Å². The van der Waals surface area contributed by atoms with Gasteiger partial charge in [0.15, 0.2) is 0 Å². The minimum absolute atomic E-state index is 0.00910. The molecule has 3 aliphatic carbocycles. The minimum Gasteiger partial charge on any atom is -0.462 e. The average molecular weight is 419 g/mol. The van der Waals surface area contributed by atoms with Gasteiger partial charge in [-0.3, -0.25) is 4.79 Å². The van der Waals surface area contributed by atoms with E-state index in [1.165, 1.54) is 103 Å². The first-order valence-corrected chi connectivity index (χ1v) is 13.9. The van der Waals surface area contributed by atoms with Crippen LogP contribution in [0.4, 0.5) is 0 Å². The molecule has 0 heterocycles. The summed E-state index contributed by atoms with van der Waals surface area (Å²) in [4.78, 5) is 11.5. The maximum Gasteiger partial charge on any atom is 0.305 e. The first-order valence-electron chi connectivity index (χ1n) is 13.9. The molecule has 0 N–H and O–H groups in total. The molecule has 0 spiro atoms. The molecule has 0 aromatic heterocycles. The Hall–Kier alpha value is -0.530. The van der Waals surface area contributed by atoms with Crippen molar-refractivity contribution in [3.8, 4) is 0 Å². The highest BCUT2D eigenvalue weighted by atomic mass is 16.5. The molecule has 0 bridgehead atoms. The summed E-state index contributed by atoms with van der Waals surface area (Å²) in [5.74, 6) is 5.00. The monoisotopic (exact) mass is 418 g/mol. The van der Waals surface area contributed by atoms with E-state index in [4.69, 9.17) is 4.74 Å². The van der Waals surface area contributed by atoms with E-state index in [9.17, 15) is 4.79 Å². The molecule has 2 nitrogen and oxygen atoms in total. The van der Waals surface area contributed by atoms with Crippen LogP contribution in [-0.2, 0) is 9.53 Å². The number of hydrogen-bond donors (Lipinski definition) is 0. The fourth-order valence-corrected chi connectivity index (χ4v) is 7.02. The lowest BCUT2D eigenvalue weighted by Gasteiger charge is -2.41. The summed E-state index contributed by atoms with van der Waals surface area (Å²) in [7, 11) is 0. The van der Waals surface area contributed by atoms with E-state index in [0.717, 1.165) is 42.4 Å². The Balaban J connectivity index is 1.28. The standard InChI is InChI=1S/C28H50O2/c1-3-5-6-7-8-9-22-10-12-23(13-11-22)24-14-16-25(17-15-24)26-18-20-27(21-19-26)30-28(29)4-2/h22-27H,3-21H2,1-2H3. The SMILES string of the molecule is CCCCCCCC1CCC(C2CCC(C3CCC(OC(=O)CC)CC3)CC2)CC1. The highest BCUT2D eigenvalue weighted by molar-refractivity contribution is 5.69. The minimum atomic E-state index is -0.00910.